The molecule has 0 aliphatic carbocycles. The minimum absolute atomic E-state index is 0.0225. The highest BCUT2D eigenvalue weighted by Crippen LogP contribution is 2.38. The van der Waals surface area contributed by atoms with E-state index in [-0.39, 0.29) is 70.4 Å². The van der Waals surface area contributed by atoms with Crippen LogP contribution in [0.5, 0.6) is 17.8 Å². The smallest absolute Gasteiger partial charge is 0.352 e. The molecule has 1 aliphatic rings. The van der Waals surface area contributed by atoms with Gasteiger partial charge in [0.05, 0.1) is 55.5 Å². The number of aromatic nitrogens is 5. The third kappa shape index (κ3) is 20.0. The number of nitrogens with zero attached hydrogens (tertiary/aromatic N) is 7. The number of methoxy groups -OCH3 is 3. The monoisotopic (exact) mass is 1360 g/mol. The Labute approximate surface area is 491 Å². The summed E-state index contributed by atoms with van der Waals surface area (Å²) in [6.45, 7) is 6.97. The van der Waals surface area contributed by atoms with Crippen molar-refractivity contribution >= 4 is 135 Å². The molecule has 3 heterocycles. The van der Waals surface area contributed by atoms with Gasteiger partial charge in [-0.15, -0.1) is 0 Å². The van der Waals surface area contributed by atoms with Crippen molar-refractivity contribution < 1.29 is 88.7 Å². The number of aliphatic carboxylic acids is 2. The van der Waals surface area contributed by atoms with Crippen molar-refractivity contribution in [1.82, 2.24) is 39.1 Å². The molecule has 82 heavy (non-hydrogen) atoms. The number of aryl methyl sites for hydroxylation is 1. The minimum atomic E-state index is -4.70. The number of sulfonamides is 3. The average molecular weight is 1360 g/mol. The van der Waals surface area contributed by atoms with E-state index in [1.165, 1.54) is 84.4 Å². The second-order valence-electron chi connectivity index (χ2n) is 16.3. The standard InChI is InChI=1S/C16H19N5O9S2.C13H12IN5O6S.C12H10Cl2N2O4.C4H10/c1-29-12-7-13(30-2)19-15(18-12)20-16(24)21-32(27,28)11-6-9(8-17-31(3,25)26)4-5-10(11)14(22)23;1-6-15-11(18-13(16-6)25-2)17-12(22)19-26(23,24)9-5-7(14)3-4-8(9)10(20)21;1-12(11(19)20)5-8(10(17)18)15-16(12)9-3-2-6(13)4-7(9)14;1-3-4-2/h4-7,17H,8H2,1-3H3,(H,22,23)(H2,18,19,20,21,24);3-5H,1-2H3,(H,20,21)(H2,15,16,17,18,19,22);2-4H,5H2,1H3,(H,17,18)(H,19,20);3-4H2,1-2H3. The number of aromatic carboxylic acids is 2. The maximum atomic E-state index is 12.7. The first-order valence-electron chi connectivity index (χ1n) is 22.7. The van der Waals surface area contributed by atoms with Crippen molar-refractivity contribution in [1.29, 1.82) is 0 Å². The predicted octanol–water partition coefficient (Wildman–Crippen LogP) is 5.05. The Morgan fingerprint density at radius 1 is 0.683 bits per heavy atom. The molecule has 0 bridgehead atoms. The zero-order valence-corrected chi connectivity index (χ0v) is 50.1. The van der Waals surface area contributed by atoms with Crippen LogP contribution in [0.25, 0.3) is 0 Å². The molecule has 1 atom stereocenters. The van der Waals surface area contributed by atoms with Crippen molar-refractivity contribution in [3.05, 3.63) is 96.8 Å². The maximum Gasteiger partial charge on any atom is 0.352 e. The van der Waals surface area contributed by atoms with Gasteiger partial charge in [-0.1, -0.05) is 56.0 Å². The Kier molecular flexibility index (Phi) is 24.8. The lowest BCUT2D eigenvalue weighted by Gasteiger charge is -2.30. The molecule has 37 heteroatoms. The number of urea groups is 2. The van der Waals surface area contributed by atoms with Crippen molar-refractivity contribution in [2.75, 3.05) is 43.2 Å². The number of unbranched alkanes of at least 4 members (excludes halogenated alkanes) is 1. The lowest BCUT2D eigenvalue weighted by Crippen LogP contribution is -2.47. The molecule has 31 nitrogen and oxygen atoms in total. The van der Waals surface area contributed by atoms with Gasteiger partial charge in [0, 0.05) is 21.6 Å². The molecule has 1 aliphatic heterocycles. The van der Waals surface area contributed by atoms with E-state index in [1.54, 1.807) is 9.44 Å². The molecule has 2 aromatic heterocycles. The molecule has 1 unspecified atom stereocenters. The molecule has 6 rings (SSSR count). The topological polar surface area (TPSA) is 454 Å². The van der Waals surface area contributed by atoms with Crippen molar-refractivity contribution in [2.24, 2.45) is 5.10 Å². The Morgan fingerprint density at radius 2 is 1.20 bits per heavy atom. The summed E-state index contributed by atoms with van der Waals surface area (Å²) in [7, 11) is -8.83. The van der Waals surface area contributed by atoms with Crippen LogP contribution in [0.4, 0.5) is 27.2 Å². The number of hydrogen-bond acceptors (Lipinski definition) is 22. The summed E-state index contributed by atoms with van der Waals surface area (Å²) < 4.78 is 93.3. The highest BCUT2D eigenvalue weighted by Gasteiger charge is 2.48. The summed E-state index contributed by atoms with van der Waals surface area (Å²) in [5, 5.41) is 46.6. The summed E-state index contributed by atoms with van der Waals surface area (Å²) in [4.78, 5) is 87.1. The largest absolute Gasteiger partial charge is 0.481 e. The first-order valence-corrected chi connectivity index (χ1v) is 29.4. The number of benzene rings is 3. The van der Waals surface area contributed by atoms with Gasteiger partial charge in [-0.3, -0.25) is 10.6 Å². The van der Waals surface area contributed by atoms with Gasteiger partial charge in [-0.25, -0.2) is 73.2 Å². The number of carbonyl (C=O) groups excluding carboxylic acids is 2. The number of nitrogens with one attached hydrogen (secondary N) is 5. The molecular formula is C45H51Cl2IN12O19S3. The van der Waals surface area contributed by atoms with Crippen molar-refractivity contribution in [2.45, 2.75) is 68.8 Å². The van der Waals surface area contributed by atoms with E-state index in [0.717, 1.165) is 35.5 Å². The molecule has 0 saturated heterocycles. The van der Waals surface area contributed by atoms with Gasteiger partial charge in [0.15, 0.2) is 5.54 Å². The number of carboxylic acid groups (broad SMARTS) is 4. The molecule has 4 amide bonds. The van der Waals surface area contributed by atoms with E-state index in [9.17, 15) is 64.2 Å². The van der Waals surface area contributed by atoms with E-state index >= 15 is 0 Å². The van der Waals surface area contributed by atoms with E-state index in [2.05, 4.69) is 59.2 Å². The van der Waals surface area contributed by atoms with Crippen LogP contribution >= 0.6 is 45.8 Å². The third-order valence-electron chi connectivity index (χ3n) is 10.0. The van der Waals surface area contributed by atoms with Crippen LogP contribution in [0, 0.1) is 10.5 Å². The fourth-order valence-corrected chi connectivity index (χ4v) is 9.90. The number of carboxylic acids is 4. The van der Waals surface area contributed by atoms with E-state index in [1.807, 2.05) is 22.6 Å². The summed E-state index contributed by atoms with van der Waals surface area (Å²) in [6.07, 6.45) is 3.31. The van der Waals surface area contributed by atoms with Gasteiger partial charge in [-0.05, 0) is 90.5 Å². The first kappa shape index (κ1) is 68.4. The summed E-state index contributed by atoms with van der Waals surface area (Å²) in [5.74, 6) is -5.77. The Balaban J connectivity index is 0.000000319. The lowest BCUT2D eigenvalue weighted by atomic mass is 9.95. The van der Waals surface area contributed by atoms with Gasteiger partial charge in [0.2, 0.25) is 33.7 Å². The second kappa shape index (κ2) is 29.7. The number of ether oxygens (including phenoxy) is 3. The number of amides is 4. The van der Waals surface area contributed by atoms with Crippen LogP contribution in [-0.2, 0) is 46.2 Å². The first-order chi connectivity index (χ1) is 38.1. The van der Waals surface area contributed by atoms with Crippen LogP contribution in [-0.4, -0.2) is 145 Å². The minimum Gasteiger partial charge on any atom is -0.481 e. The van der Waals surface area contributed by atoms with Crippen LogP contribution < -0.4 is 44.0 Å². The number of hydrazone groups is 1. The molecule has 0 radical (unpaired) electrons. The van der Waals surface area contributed by atoms with E-state index < -0.39 is 92.5 Å². The van der Waals surface area contributed by atoms with Gasteiger partial charge < -0.3 is 34.6 Å². The maximum absolute atomic E-state index is 12.7. The van der Waals surface area contributed by atoms with E-state index in [0.29, 0.717) is 8.59 Å². The van der Waals surface area contributed by atoms with Crippen molar-refractivity contribution in [3.8, 4) is 17.8 Å². The average Bonchev–Trinajstić information content (AvgIpc) is 3.86. The van der Waals surface area contributed by atoms with Crippen LogP contribution in [0.15, 0.2) is 75.6 Å². The van der Waals surface area contributed by atoms with Crippen LogP contribution in [0.1, 0.15) is 72.1 Å². The normalized spacial score (nSPS) is 13.6. The van der Waals surface area contributed by atoms with Gasteiger partial charge in [0.25, 0.3) is 20.0 Å². The van der Waals surface area contributed by atoms with Crippen LogP contribution in [0.2, 0.25) is 10.0 Å². The highest BCUT2D eigenvalue weighted by molar-refractivity contribution is 14.1. The Hall–Kier alpha value is -7.84. The van der Waals surface area contributed by atoms with Crippen molar-refractivity contribution in [3.63, 3.8) is 0 Å². The fraction of sp³-hybridized carbons (Fsp3) is 0.289. The molecular weight excluding hydrogens is 1310 g/mol. The molecule has 9 N–H and O–H groups in total. The number of hydrogen-bond donors (Lipinski definition) is 9. The zero-order valence-electron chi connectivity index (χ0n) is 44.0. The molecule has 3 aromatic carbocycles. The summed E-state index contributed by atoms with van der Waals surface area (Å²) >= 11 is 13.6. The number of halogens is 3. The van der Waals surface area contributed by atoms with Crippen LogP contribution in [0.3, 0.4) is 0 Å². The SMILES string of the molecule is CC1(C(=O)O)CC(C(=O)O)=NN1c1ccc(Cl)cc1Cl.CCCC.COc1cc(OC)nc(NC(=O)NS(=O)(=O)c2cc(CNS(C)(=O)=O)ccc2C(=O)O)n1.COc1nc(C)nc(NC(=O)NS(=O)(=O)c2cc(I)ccc2C(=O)O)n1. The summed E-state index contributed by atoms with van der Waals surface area (Å²) in [5.41, 5.74) is -2.41. The van der Waals surface area contributed by atoms with Gasteiger partial charge >= 0.3 is 41.9 Å². The molecule has 0 fully saturated rings. The molecule has 0 saturated carbocycles. The molecule has 0 spiro atoms. The third-order valence-corrected chi connectivity index (χ3v) is 14.6. The Bertz CT molecular complexity index is 3600. The highest BCUT2D eigenvalue weighted by atomic mass is 127. The molecule has 444 valence electrons. The second-order valence-corrected chi connectivity index (χ2v) is 23.5. The van der Waals surface area contributed by atoms with E-state index in [4.69, 9.17) is 47.6 Å². The number of anilines is 3. The number of rotatable bonds is 18. The summed E-state index contributed by atoms with van der Waals surface area (Å²) in [6, 6.07) is 10.1. The van der Waals surface area contributed by atoms with Gasteiger partial charge in [-0.2, -0.15) is 30.0 Å². The quantitative estimate of drug-likeness (QED) is 0.0518. The molecule has 5 aromatic rings. The lowest BCUT2D eigenvalue weighted by molar-refractivity contribution is -0.142. The Morgan fingerprint density at radius 3 is 1.65 bits per heavy atom. The fourth-order valence-electron chi connectivity index (χ4n) is 5.99. The predicted molar refractivity (Wildman–Crippen MR) is 301 cm³/mol. The van der Waals surface area contributed by atoms with Gasteiger partial charge in [0.1, 0.15) is 21.3 Å². The number of carbonyl (C=O) groups is 6. The zero-order chi connectivity index (χ0) is 62.1.